The van der Waals surface area contributed by atoms with Gasteiger partial charge in [-0.05, 0) is 17.7 Å². The predicted molar refractivity (Wildman–Crippen MR) is 43.8 cm³/mol. The molecule has 0 aliphatic carbocycles. The number of hydrogen-bond donors (Lipinski definition) is 1. The lowest BCUT2D eigenvalue weighted by Gasteiger charge is -2.06. The molecule has 1 N–H and O–H groups in total. The zero-order chi connectivity index (χ0) is 8.97. The van der Waals surface area contributed by atoms with Crippen molar-refractivity contribution in [3.8, 4) is 5.75 Å². The van der Waals surface area contributed by atoms with Gasteiger partial charge in [-0.3, -0.25) is 0 Å². The summed E-state index contributed by atoms with van der Waals surface area (Å²) in [5.74, 6) is 0.142. The zero-order valence-corrected chi connectivity index (χ0v) is 6.83. The molecule has 1 aromatic rings. The topological polar surface area (TPSA) is 29.5 Å². The molecule has 0 aliphatic rings. The molecule has 0 spiro atoms. The van der Waals surface area contributed by atoms with E-state index in [0.717, 1.165) is 0 Å². The van der Waals surface area contributed by atoms with Gasteiger partial charge in [-0.1, -0.05) is 12.1 Å². The van der Waals surface area contributed by atoms with Crippen molar-refractivity contribution in [2.75, 3.05) is 13.7 Å². The Hall–Kier alpha value is -1.09. The van der Waals surface area contributed by atoms with Gasteiger partial charge < -0.3 is 9.84 Å². The van der Waals surface area contributed by atoms with E-state index in [0.29, 0.717) is 5.56 Å². The van der Waals surface area contributed by atoms with Gasteiger partial charge in [-0.2, -0.15) is 0 Å². The molecule has 66 valence electrons. The summed E-state index contributed by atoms with van der Waals surface area (Å²) in [5, 5.41) is 8.91. The molecule has 3 heteroatoms. The first-order valence-corrected chi connectivity index (χ1v) is 3.66. The lowest BCUT2D eigenvalue weighted by atomic mass is 10.1. The van der Waals surface area contributed by atoms with E-state index in [1.807, 2.05) is 0 Å². The number of methoxy groups -OCH3 is 1. The molecule has 1 unspecified atom stereocenters. The Labute approximate surface area is 70.6 Å². The highest BCUT2D eigenvalue weighted by atomic mass is 19.1. The number of ether oxygens (including phenoxy) is 1. The number of rotatable bonds is 3. The zero-order valence-electron chi connectivity index (χ0n) is 6.83. The molecule has 0 aliphatic heterocycles. The Morgan fingerprint density at radius 3 is 2.50 bits per heavy atom. The van der Waals surface area contributed by atoms with E-state index >= 15 is 0 Å². The fourth-order valence-electron chi connectivity index (χ4n) is 0.926. The normalized spacial score (nSPS) is 12.8. The summed E-state index contributed by atoms with van der Waals surface area (Å²) in [5.41, 5.74) is 0.523. The van der Waals surface area contributed by atoms with Crippen LogP contribution in [0.3, 0.4) is 0 Å². The first-order valence-electron chi connectivity index (χ1n) is 3.66. The maximum atomic E-state index is 13.1. The van der Waals surface area contributed by atoms with Crippen LogP contribution in [0.4, 0.5) is 4.39 Å². The molecule has 1 aromatic carbocycles. The number of hydrogen-bond acceptors (Lipinski definition) is 2. The van der Waals surface area contributed by atoms with Gasteiger partial charge in [-0.15, -0.1) is 0 Å². The highest BCUT2D eigenvalue weighted by Gasteiger charge is 2.07. The number of aromatic hydroxyl groups is 1. The quantitative estimate of drug-likeness (QED) is 0.752. The van der Waals surface area contributed by atoms with Gasteiger partial charge >= 0.3 is 0 Å². The number of halogens is 1. The van der Waals surface area contributed by atoms with Crippen molar-refractivity contribution >= 4 is 0 Å². The molecule has 12 heavy (non-hydrogen) atoms. The molecule has 1 rings (SSSR count). The van der Waals surface area contributed by atoms with Crippen LogP contribution in [0.5, 0.6) is 5.75 Å². The molecule has 0 amide bonds. The molecule has 0 saturated heterocycles. The maximum Gasteiger partial charge on any atom is 0.148 e. The molecule has 2 nitrogen and oxygen atoms in total. The molecule has 0 bridgehead atoms. The van der Waals surface area contributed by atoms with E-state index in [-0.39, 0.29) is 12.4 Å². The fraction of sp³-hybridized carbons (Fsp3) is 0.333. The summed E-state index contributed by atoms with van der Waals surface area (Å²) in [7, 11) is 1.45. The van der Waals surface area contributed by atoms with Gasteiger partial charge in [0, 0.05) is 7.11 Å². The third-order valence-electron chi connectivity index (χ3n) is 1.57. The van der Waals surface area contributed by atoms with Gasteiger partial charge in [0.2, 0.25) is 0 Å². The van der Waals surface area contributed by atoms with E-state index in [2.05, 4.69) is 4.74 Å². The molecule has 1 atom stereocenters. The summed E-state index contributed by atoms with van der Waals surface area (Å²) in [6.45, 7) is 0.0464. The number of phenolic OH excluding ortho intramolecular Hbond substituents is 1. The molecule has 0 radical (unpaired) electrons. The summed E-state index contributed by atoms with van der Waals surface area (Å²) in [4.78, 5) is 0. The minimum Gasteiger partial charge on any atom is -0.508 e. The van der Waals surface area contributed by atoms with Crippen LogP contribution in [0, 0.1) is 0 Å². The monoisotopic (exact) mass is 170 g/mol. The minimum absolute atomic E-state index is 0.0464. The Morgan fingerprint density at radius 2 is 2.00 bits per heavy atom. The largest absolute Gasteiger partial charge is 0.508 e. The highest BCUT2D eigenvalue weighted by molar-refractivity contribution is 5.27. The van der Waals surface area contributed by atoms with Gasteiger partial charge in [-0.25, -0.2) is 4.39 Å². The van der Waals surface area contributed by atoms with Crippen molar-refractivity contribution in [3.05, 3.63) is 29.8 Å². The Bertz CT molecular complexity index is 233. The second-order valence-electron chi connectivity index (χ2n) is 2.51. The van der Waals surface area contributed by atoms with Gasteiger partial charge in [0.15, 0.2) is 0 Å². The molecular formula is C9H11FO2. The van der Waals surface area contributed by atoms with Crippen LogP contribution >= 0.6 is 0 Å². The van der Waals surface area contributed by atoms with Crippen molar-refractivity contribution in [3.63, 3.8) is 0 Å². The van der Waals surface area contributed by atoms with Crippen LogP contribution in [0.15, 0.2) is 24.3 Å². The second kappa shape index (κ2) is 4.07. The first-order chi connectivity index (χ1) is 5.74. The van der Waals surface area contributed by atoms with Crippen molar-refractivity contribution in [2.45, 2.75) is 6.17 Å². The van der Waals surface area contributed by atoms with E-state index in [9.17, 15) is 4.39 Å². The summed E-state index contributed by atoms with van der Waals surface area (Å²) in [6, 6.07) is 5.99. The average molecular weight is 170 g/mol. The van der Waals surface area contributed by atoms with Crippen LogP contribution in [0.2, 0.25) is 0 Å². The van der Waals surface area contributed by atoms with Crippen LogP contribution in [-0.4, -0.2) is 18.8 Å². The average Bonchev–Trinajstić information content (AvgIpc) is 2.06. The molecule has 0 fully saturated rings. The van der Waals surface area contributed by atoms with E-state index in [4.69, 9.17) is 5.11 Å². The third kappa shape index (κ3) is 2.20. The summed E-state index contributed by atoms with van der Waals surface area (Å²) < 4.78 is 17.7. The Kier molecular flexibility index (Phi) is 3.05. The Balaban J connectivity index is 2.68. The number of benzene rings is 1. The van der Waals surface area contributed by atoms with Crippen LogP contribution in [-0.2, 0) is 4.74 Å². The Morgan fingerprint density at radius 1 is 1.42 bits per heavy atom. The number of alkyl halides is 1. The van der Waals surface area contributed by atoms with Gasteiger partial charge in [0.1, 0.15) is 11.9 Å². The second-order valence-corrected chi connectivity index (χ2v) is 2.51. The maximum absolute atomic E-state index is 13.1. The van der Waals surface area contributed by atoms with Crippen LogP contribution < -0.4 is 0 Å². The highest BCUT2D eigenvalue weighted by Crippen LogP contribution is 2.19. The summed E-state index contributed by atoms with van der Waals surface area (Å²) >= 11 is 0. The molecule has 0 saturated carbocycles. The standard InChI is InChI=1S/C9H11FO2/c1-12-6-9(10)7-2-4-8(11)5-3-7/h2-5,9,11H,6H2,1H3. The van der Waals surface area contributed by atoms with Crippen molar-refractivity contribution in [2.24, 2.45) is 0 Å². The SMILES string of the molecule is COCC(F)c1ccc(O)cc1. The van der Waals surface area contributed by atoms with Crippen molar-refractivity contribution in [1.29, 1.82) is 0 Å². The lowest BCUT2D eigenvalue weighted by Crippen LogP contribution is -1.99. The summed E-state index contributed by atoms with van der Waals surface area (Å²) in [6.07, 6.45) is -1.12. The molecule has 0 heterocycles. The molecule has 0 aromatic heterocycles. The smallest absolute Gasteiger partial charge is 0.148 e. The van der Waals surface area contributed by atoms with E-state index in [1.165, 1.54) is 19.2 Å². The predicted octanol–water partition coefficient (Wildman–Crippen LogP) is 2.05. The van der Waals surface area contributed by atoms with E-state index < -0.39 is 6.17 Å². The first kappa shape index (κ1) is 9.00. The molecular weight excluding hydrogens is 159 g/mol. The number of phenols is 1. The third-order valence-corrected chi connectivity index (χ3v) is 1.57. The van der Waals surface area contributed by atoms with E-state index in [1.54, 1.807) is 12.1 Å². The van der Waals surface area contributed by atoms with Crippen molar-refractivity contribution in [1.82, 2.24) is 0 Å². The van der Waals surface area contributed by atoms with Gasteiger partial charge in [0.05, 0.1) is 6.61 Å². The van der Waals surface area contributed by atoms with Gasteiger partial charge in [0.25, 0.3) is 0 Å². The lowest BCUT2D eigenvalue weighted by molar-refractivity contribution is 0.124. The fourth-order valence-corrected chi connectivity index (χ4v) is 0.926. The van der Waals surface area contributed by atoms with Crippen LogP contribution in [0.1, 0.15) is 11.7 Å². The minimum atomic E-state index is -1.12. The van der Waals surface area contributed by atoms with Crippen molar-refractivity contribution < 1.29 is 14.2 Å². The van der Waals surface area contributed by atoms with Crippen LogP contribution in [0.25, 0.3) is 0 Å².